The molecule has 1 atom stereocenters. The van der Waals surface area contributed by atoms with Gasteiger partial charge in [-0.2, -0.15) is 0 Å². The van der Waals surface area contributed by atoms with Crippen LogP contribution in [-0.2, 0) is 18.0 Å². The van der Waals surface area contributed by atoms with Gasteiger partial charge in [0.2, 0.25) is 0 Å². The summed E-state index contributed by atoms with van der Waals surface area (Å²) in [5.74, 6) is 0. The minimum Gasteiger partial charge on any atom is -0.372 e. The highest BCUT2D eigenvalue weighted by atomic mass is 16.5. The van der Waals surface area contributed by atoms with E-state index in [1.54, 1.807) is 0 Å². The van der Waals surface area contributed by atoms with Gasteiger partial charge in [-0.3, -0.25) is 9.88 Å². The van der Waals surface area contributed by atoms with Gasteiger partial charge in [0.15, 0.2) is 0 Å². The van der Waals surface area contributed by atoms with Crippen molar-refractivity contribution in [3.8, 4) is 0 Å². The molecule has 1 aliphatic heterocycles. The minimum absolute atomic E-state index is 0.494. The Hall–Kier alpha value is -1.71. The van der Waals surface area contributed by atoms with E-state index in [4.69, 9.17) is 4.74 Å². The fourth-order valence-corrected chi connectivity index (χ4v) is 3.02. The van der Waals surface area contributed by atoms with Crippen molar-refractivity contribution in [2.75, 3.05) is 13.6 Å². The van der Waals surface area contributed by atoms with E-state index in [2.05, 4.69) is 35.1 Å². The molecule has 1 fully saturated rings. The highest BCUT2D eigenvalue weighted by molar-refractivity contribution is 5.27. The molecule has 3 heteroatoms. The van der Waals surface area contributed by atoms with E-state index in [-0.39, 0.29) is 0 Å². The molecule has 0 N–H and O–H groups in total. The lowest BCUT2D eigenvalue weighted by Gasteiger charge is -2.22. The summed E-state index contributed by atoms with van der Waals surface area (Å²) in [7, 11) is 2.19. The molecule has 3 rings (SSSR count). The van der Waals surface area contributed by atoms with E-state index in [1.807, 2.05) is 30.6 Å². The highest BCUT2D eigenvalue weighted by Crippen LogP contribution is 2.32. The molecule has 1 aliphatic rings. The van der Waals surface area contributed by atoms with Crippen molar-refractivity contribution in [2.24, 2.45) is 0 Å². The molecule has 3 nitrogen and oxygen atoms in total. The highest BCUT2D eigenvalue weighted by Gasteiger charge is 2.24. The molecule has 0 amide bonds. The van der Waals surface area contributed by atoms with E-state index < -0.39 is 0 Å². The van der Waals surface area contributed by atoms with Gasteiger partial charge in [-0.05, 0) is 49.2 Å². The van der Waals surface area contributed by atoms with Crippen LogP contribution >= 0.6 is 0 Å². The van der Waals surface area contributed by atoms with Gasteiger partial charge in [0, 0.05) is 18.4 Å². The van der Waals surface area contributed by atoms with Crippen molar-refractivity contribution < 1.29 is 4.74 Å². The number of hydrogen-bond acceptors (Lipinski definition) is 3. The summed E-state index contributed by atoms with van der Waals surface area (Å²) in [6, 6.07) is 12.9. The van der Waals surface area contributed by atoms with Gasteiger partial charge in [-0.1, -0.05) is 30.3 Å². The van der Waals surface area contributed by atoms with E-state index in [0.717, 1.165) is 0 Å². The third kappa shape index (κ3) is 3.49. The van der Waals surface area contributed by atoms with Crippen molar-refractivity contribution in [3.05, 3.63) is 65.5 Å². The lowest BCUT2D eigenvalue weighted by Crippen LogP contribution is -2.19. The van der Waals surface area contributed by atoms with E-state index in [1.165, 1.54) is 36.1 Å². The van der Waals surface area contributed by atoms with Crippen LogP contribution in [0.25, 0.3) is 0 Å². The molecule has 21 heavy (non-hydrogen) atoms. The van der Waals surface area contributed by atoms with Gasteiger partial charge in [0.1, 0.15) is 0 Å². The van der Waals surface area contributed by atoms with Crippen LogP contribution < -0.4 is 0 Å². The normalized spacial score (nSPS) is 19.0. The Bertz CT molecular complexity index is 570. The number of pyridine rings is 1. The summed E-state index contributed by atoms with van der Waals surface area (Å²) >= 11 is 0. The van der Waals surface area contributed by atoms with Crippen LogP contribution in [0.5, 0.6) is 0 Å². The van der Waals surface area contributed by atoms with Gasteiger partial charge < -0.3 is 4.74 Å². The van der Waals surface area contributed by atoms with Gasteiger partial charge in [-0.15, -0.1) is 0 Å². The minimum atomic E-state index is 0.494. The zero-order chi connectivity index (χ0) is 14.5. The fraction of sp³-hybridized carbons (Fsp3) is 0.389. The van der Waals surface area contributed by atoms with Gasteiger partial charge >= 0.3 is 0 Å². The number of likely N-dealkylation sites (tertiary alicyclic amines) is 1. The lowest BCUT2D eigenvalue weighted by atomic mass is 10.0. The molecule has 2 heterocycles. The van der Waals surface area contributed by atoms with Crippen molar-refractivity contribution in [1.29, 1.82) is 0 Å². The van der Waals surface area contributed by atoms with Crippen LogP contribution in [0.15, 0.2) is 48.8 Å². The number of aromatic nitrogens is 1. The first kappa shape index (κ1) is 14.2. The molecule has 0 radical (unpaired) electrons. The summed E-state index contributed by atoms with van der Waals surface area (Å²) in [6.45, 7) is 2.48. The Morgan fingerprint density at radius 2 is 2.05 bits per heavy atom. The van der Waals surface area contributed by atoms with Gasteiger partial charge in [0.05, 0.1) is 13.2 Å². The molecule has 1 aromatic carbocycles. The standard InChI is InChI=1S/C18H22N2O/c1-20-11-5-8-18(20)17-12-19-10-9-16(17)14-21-13-15-6-3-2-4-7-15/h2-4,6-7,9-10,12,18H,5,8,11,13-14H2,1H3/t18-/m0/s1. The molecule has 1 saturated heterocycles. The lowest BCUT2D eigenvalue weighted by molar-refractivity contribution is 0.105. The molecular weight excluding hydrogens is 260 g/mol. The third-order valence-corrected chi connectivity index (χ3v) is 4.19. The van der Waals surface area contributed by atoms with E-state index in [0.29, 0.717) is 19.3 Å². The smallest absolute Gasteiger partial charge is 0.0725 e. The number of benzene rings is 1. The summed E-state index contributed by atoms with van der Waals surface area (Å²) in [6.07, 6.45) is 6.35. The average Bonchev–Trinajstić information content (AvgIpc) is 2.95. The first-order valence-electron chi connectivity index (χ1n) is 7.59. The van der Waals surface area contributed by atoms with Gasteiger partial charge in [0.25, 0.3) is 0 Å². The van der Waals surface area contributed by atoms with Crippen LogP contribution in [0, 0.1) is 0 Å². The predicted molar refractivity (Wildman–Crippen MR) is 83.8 cm³/mol. The molecular formula is C18H22N2O. The van der Waals surface area contributed by atoms with E-state index in [9.17, 15) is 0 Å². The monoisotopic (exact) mass is 282 g/mol. The summed E-state index contributed by atoms with van der Waals surface area (Å²) in [5.41, 5.74) is 3.80. The predicted octanol–water partition coefficient (Wildman–Crippen LogP) is 3.57. The maximum absolute atomic E-state index is 5.89. The Balaban J connectivity index is 1.65. The Morgan fingerprint density at radius 1 is 1.19 bits per heavy atom. The second-order valence-electron chi connectivity index (χ2n) is 5.69. The summed E-state index contributed by atoms with van der Waals surface area (Å²) < 4.78 is 5.89. The topological polar surface area (TPSA) is 25.4 Å². The van der Waals surface area contributed by atoms with Crippen LogP contribution in [0.4, 0.5) is 0 Å². The summed E-state index contributed by atoms with van der Waals surface area (Å²) in [5, 5.41) is 0. The number of nitrogens with zero attached hydrogens (tertiary/aromatic N) is 2. The van der Waals surface area contributed by atoms with Crippen LogP contribution in [0.2, 0.25) is 0 Å². The number of rotatable bonds is 5. The van der Waals surface area contributed by atoms with Crippen molar-refractivity contribution in [2.45, 2.75) is 32.1 Å². The molecule has 0 spiro atoms. The Morgan fingerprint density at radius 3 is 2.81 bits per heavy atom. The van der Waals surface area contributed by atoms with Crippen LogP contribution in [-0.4, -0.2) is 23.5 Å². The first-order valence-corrected chi connectivity index (χ1v) is 7.59. The average molecular weight is 282 g/mol. The molecule has 0 saturated carbocycles. The SMILES string of the molecule is CN1CCC[C@H]1c1cnccc1COCc1ccccc1. The first-order chi connectivity index (χ1) is 10.3. The summed E-state index contributed by atoms with van der Waals surface area (Å²) in [4.78, 5) is 6.72. The second kappa shape index (κ2) is 6.83. The Labute approximate surface area is 126 Å². The molecule has 0 bridgehead atoms. The Kier molecular flexibility index (Phi) is 4.63. The quantitative estimate of drug-likeness (QED) is 0.838. The molecule has 0 aliphatic carbocycles. The zero-order valence-electron chi connectivity index (χ0n) is 12.5. The molecule has 2 aromatic rings. The van der Waals surface area contributed by atoms with Crippen LogP contribution in [0.1, 0.15) is 35.6 Å². The van der Waals surface area contributed by atoms with Crippen LogP contribution in [0.3, 0.4) is 0 Å². The second-order valence-corrected chi connectivity index (χ2v) is 5.69. The molecule has 1 aromatic heterocycles. The number of hydrogen-bond donors (Lipinski definition) is 0. The fourth-order valence-electron chi connectivity index (χ4n) is 3.02. The largest absolute Gasteiger partial charge is 0.372 e. The number of ether oxygens (including phenoxy) is 1. The van der Waals surface area contributed by atoms with Crippen molar-refractivity contribution in [3.63, 3.8) is 0 Å². The maximum Gasteiger partial charge on any atom is 0.0725 e. The van der Waals surface area contributed by atoms with E-state index >= 15 is 0 Å². The maximum atomic E-state index is 5.89. The third-order valence-electron chi connectivity index (χ3n) is 4.19. The molecule has 110 valence electrons. The van der Waals surface area contributed by atoms with Gasteiger partial charge in [-0.25, -0.2) is 0 Å². The van der Waals surface area contributed by atoms with Crippen molar-refractivity contribution >= 4 is 0 Å². The zero-order valence-corrected chi connectivity index (χ0v) is 12.5. The van der Waals surface area contributed by atoms with Crippen molar-refractivity contribution in [1.82, 2.24) is 9.88 Å². The molecule has 0 unspecified atom stereocenters.